The molecule has 112 valence electrons. The summed E-state index contributed by atoms with van der Waals surface area (Å²) >= 11 is 0. The van der Waals surface area contributed by atoms with E-state index in [-0.39, 0.29) is 17.0 Å². The Hall–Kier alpha value is -2.06. The van der Waals surface area contributed by atoms with Crippen LogP contribution in [-0.4, -0.2) is 8.42 Å². The number of rotatable bonds is 4. The van der Waals surface area contributed by atoms with Gasteiger partial charge in [-0.1, -0.05) is 11.8 Å². The van der Waals surface area contributed by atoms with Gasteiger partial charge in [0.2, 0.25) is 0 Å². The van der Waals surface area contributed by atoms with Gasteiger partial charge >= 0.3 is 0 Å². The van der Waals surface area contributed by atoms with Crippen LogP contribution in [0.25, 0.3) is 4.72 Å². The van der Waals surface area contributed by atoms with Crippen LogP contribution in [0.2, 0.25) is 0 Å². The second-order valence-electron chi connectivity index (χ2n) is 4.14. The molecule has 0 aliphatic rings. The van der Waals surface area contributed by atoms with Gasteiger partial charge in [-0.2, -0.15) is 0 Å². The van der Waals surface area contributed by atoms with E-state index < -0.39 is 33.2 Å². The molecule has 0 aliphatic heterocycles. The summed E-state index contributed by atoms with van der Waals surface area (Å²) in [5.74, 6) is -2.81. The predicted octanol–water partition coefficient (Wildman–Crippen LogP) is 2.24. The van der Waals surface area contributed by atoms with E-state index in [1.807, 2.05) is 0 Å². The summed E-state index contributed by atoms with van der Waals surface area (Å²) in [6.45, 7) is 0.0310. The van der Waals surface area contributed by atoms with E-state index in [2.05, 4.69) is 10.5 Å². The molecule has 0 aromatic heterocycles. The zero-order chi connectivity index (χ0) is 15.6. The third kappa shape index (κ3) is 3.17. The summed E-state index contributed by atoms with van der Waals surface area (Å²) in [6.07, 6.45) is 0. The highest BCUT2D eigenvalue weighted by Gasteiger charge is 2.12. The van der Waals surface area contributed by atoms with Crippen LogP contribution in [0.15, 0.2) is 41.3 Å². The van der Waals surface area contributed by atoms with Crippen molar-refractivity contribution < 1.29 is 27.3 Å². The number of hydrogen-bond donors (Lipinski definition) is 1. The first-order valence-electron chi connectivity index (χ1n) is 5.85. The topological polar surface area (TPSA) is 75.9 Å². The average molecular weight is 316 g/mol. The quantitative estimate of drug-likeness (QED) is 0.939. The fraction of sp³-hybridized carbons (Fsp3) is 0.0769. The Kier molecular flexibility index (Phi) is 4.19. The molecule has 0 amide bonds. The fourth-order valence-electron chi connectivity index (χ4n) is 1.65. The molecular weight excluding hydrogens is 305 g/mol. The second kappa shape index (κ2) is 5.74. The van der Waals surface area contributed by atoms with Crippen LogP contribution in [-0.2, 0) is 16.6 Å². The SMILES string of the molecule is [NH3+]Cc1cc(S(=O)(=O)[N-]c2c(F)cccc2F)ccc1F. The molecule has 0 radical (unpaired) electrons. The van der Waals surface area contributed by atoms with Crippen LogP contribution in [0.3, 0.4) is 0 Å². The molecule has 0 saturated carbocycles. The van der Waals surface area contributed by atoms with Crippen LogP contribution in [0.1, 0.15) is 5.56 Å². The van der Waals surface area contributed by atoms with Gasteiger partial charge < -0.3 is 10.5 Å². The van der Waals surface area contributed by atoms with Gasteiger partial charge in [0.15, 0.2) is 0 Å². The summed E-state index contributed by atoms with van der Waals surface area (Å²) in [6, 6.07) is 5.84. The molecule has 3 N–H and O–H groups in total. The van der Waals surface area contributed by atoms with Gasteiger partial charge in [0.25, 0.3) is 0 Å². The van der Waals surface area contributed by atoms with Gasteiger partial charge in [-0.05, 0) is 30.3 Å². The number of halogens is 3. The number of nitrogens with zero attached hydrogens (tertiary/aromatic N) is 1. The summed E-state index contributed by atoms with van der Waals surface area (Å²) in [7, 11) is -4.36. The average Bonchev–Trinajstić information content (AvgIpc) is 2.43. The number of hydrogen-bond acceptors (Lipinski definition) is 2. The van der Waals surface area contributed by atoms with Gasteiger partial charge in [-0.25, -0.2) is 21.6 Å². The maximum Gasteiger partial charge on any atom is 0.132 e. The van der Waals surface area contributed by atoms with E-state index in [1.165, 1.54) is 0 Å². The summed E-state index contributed by atoms with van der Waals surface area (Å²) in [4.78, 5) is -0.356. The van der Waals surface area contributed by atoms with Crippen molar-refractivity contribution in [1.29, 1.82) is 0 Å². The molecule has 0 spiro atoms. The first-order chi connectivity index (χ1) is 9.85. The largest absolute Gasteiger partial charge is 0.568 e. The summed E-state index contributed by atoms with van der Waals surface area (Å²) in [5.41, 5.74) is 2.63. The van der Waals surface area contributed by atoms with E-state index in [9.17, 15) is 21.6 Å². The zero-order valence-corrected chi connectivity index (χ0v) is 11.5. The van der Waals surface area contributed by atoms with Crippen molar-refractivity contribution in [2.75, 3.05) is 0 Å². The first-order valence-corrected chi connectivity index (χ1v) is 7.29. The van der Waals surface area contributed by atoms with Gasteiger partial charge in [-0.3, -0.25) is 0 Å². The smallest absolute Gasteiger partial charge is 0.132 e. The normalized spacial score (nSPS) is 11.4. The highest BCUT2D eigenvalue weighted by atomic mass is 32.2. The number of quaternary nitrogens is 1. The van der Waals surface area contributed by atoms with E-state index >= 15 is 0 Å². The molecule has 2 rings (SSSR count). The highest BCUT2D eigenvalue weighted by Crippen LogP contribution is 2.32. The summed E-state index contributed by atoms with van der Waals surface area (Å²) < 4.78 is 67.4. The predicted molar refractivity (Wildman–Crippen MR) is 69.6 cm³/mol. The molecule has 0 saturated heterocycles. The highest BCUT2D eigenvalue weighted by molar-refractivity contribution is 7.94. The fourth-order valence-corrected chi connectivity index (χ4v) is 2.70. The number of benzene rings is 2. The first kappa shape index (κ1) is 15.3. The number of sulfonamides is 1. The van der Waals surface area contributed by atoms with Crippen molar-refractivity contribution in [1.82, 2.24) is 0 Å². The van der Waals surface area contributed by atoms with Gasteiger partial charge in [0, 0.05) is 5.56 Å². The lowest BCUT2D eigenvalue weighted by atomic mass is 10.2. The van der Waals surface area contributed by atoms with Gasteiger partial charge in [0.05, 0.1) is 4.90 Å². The van der Waals surface area contributed by atoms with Crippen LogP contribution in [0.5, 0.6) is 0 Å². The Morgan fingerprint density at radius 2 is 1.62 bits per heavy atom. The van der Waals surface area contributed by atoms with E-state index in [4.69, 9.17) is 0 Å². The lowest BCUT2D eigenvalue weighted by Crippen LogP contribution is -2.47. The van der Waals surface area contributed by atoms with Crippen molar-refractivity contribution in [3.05, 3.63) is 64.1 Å². The monoisotopic (exact) mass is 316 g/mol. The lowest BCUT2D eigenvalue weighted by Gasteiger charge is -2.23. The molecule has 2 aromatic carbocycles. The standard InChI is InChI=1S/C13H10F3N2O2S/c14-10-5-4-9(6-8(10)7-17)21(19,20)18-13-11(15)2-1-3-12(13)16/h1-6H,7,17H2/q-1/p+1. The Morgan fingerprint density at radius 1 is 1.00 bits per heavy atom. The minimum atomic E-state index is -4.36. The maximum absolute atomic E-state index is 13.4. The Balaban J connectivity index is 2.44. The lowest BCUT2D eigenvalue weighted by molar-refractivity contribution is -0.387. The Bertz CT molecular complexity index is 759. The molecule has 4 nitrogen and oxygen atoms in total. The molecular formula is C13H11F3N2O2S. The van der Waals surface area contributed by atoms with Crippen LogP contribution in [0.4, 0.5) is 18.9 Å². The van der Waals surface area contributed by atoms with E-state index in [1.54, 1.807) is 0 Å². The van der Waals surface area contributed by atoms with Crippen molar-refractivity contribution in [2.24, 2.45) is 0 Å². The third-order valence-corrected chi connectivity index (χ3v) is 4.01. The minimum Gasteiger partial charge on any atom is -0.568 e. The molecule has 0 heterocycles. The molecule has 21 heavy (non-hydrogen) atoms. The molecule has 8 heteroatoms. The molecule has 0 bridgehead atoms. The van der Waals surface area contributed by atoms with Crippen LogP contribution >= 0.6 is 0 Å². The van der Waals surface area contributed by atoms with Crippen LogP contribution < -0.4 is 5.73 Å². The third-order valence-electron chi connectivity index (χ3n) is 2.73. The molecule has 0 atom stereocenters. The van der Waals surface area contributed by atoms with Gasteiger partial charge in [0.1, 0.15) is 34.0 Å². The minimum absolute atomic E-state index is 0.0310. The molecule has 0 unspecified atom stereocenters. The van der Waals surface area contributed by atoms with E-state index in [0.29, 0.717) is 0 Å². The van der Waals surface area contributed by atoms with E-state index in [0.717, 1.165) is 36.4 Å². The zero-order valence-electron chi connectivity index (χ0n) is 10.7. The maximum atomic E-state index is 13.4. The molecule has 0 fully saturated rings. The van der Waals surface area contributed by atoms with Crippen LogP contribution in [0, 0.1) is 17.5 Å². The van der Waals surface area contributed by atoms with Crippen molar-refractivity contribution >= 4 is 15.7 Å². The van der Waals surface area contributed by atoms with Crippen molar-refractivity contribution in [3.8, 4) is 0 Å². The molecule has 0 aliphatic carbocycles. The van der Waals surface area contributed by atoms with Crippen molar-refractivity contribution in [2.45, 2.75) is 11.4 Å². The van der Waals surface area contributed by atoms with Crippen molar-refractivity contribution in [3.63, 3.8) is 0 Å². The Labute approximate surface area is 119 Å². The second-order valence-corrected chi connectivity index (χ2v) is 5.74. The molecule has 2 aromatic rings. The summed E-state index contributed by atoms with van der Waals surface area (Å²) in [5, 5.41) is 0. The Morgan fingerprint density at radius 3 is 2.19 bits per heavy atom. The van der Waals surface area contributed by atoms with Gasteiger partial charge in [-0.15, -0.1) is 0 Å².